The molecule has 0 spiro atoms. The Morgan fingerprint density at radius 1 is 1.35 bits per heavy atom. The van der Waals surface area contributed by atoms with E-state index in [0.29, 0.717) is 11.4 Å². The van der Waals surface area contributed by atoms with Crippen LogP contribution in [0.1, 0.15) is 29.4 Å². The summed E-state index contributed by atoms with van der Waals surface area (Å²) in [6, 6.07) is 3.28. The van der Waals surface area contributed by atoms with Gasteiger partial charge in [-0.1, -0.05) is 13.3 Å². The highest BCUT2D eigenvalue weighted by Gasteiger charge is 2.11. The van der Waals surface area contributed by atoms with Gasteiger partial charge in [0.15, 0.2) is 0 Å². The lowest BCUT2D eigenvalue weighted by Gasteiger charge is -2.08. The first-order chi connectivity index (χ1) is 9.72. The van der Waals surface area contributed by atoms with E-state index in [4.69, 9.17) is 5.84 Å². The number of nitrogens with zero attached hydrogens (tertiary/aromatic N) is 4. The van der Waals surface area contributed by atoms with E-state index in [1.165, 1.54) is 12.4 Å². The van der Waals surface area contributed by atoms with Gasteiger partial charge in [0.25, 0.3) is 5.91 Å². The topological polar surface area (TPSA) is 119 Å². The number of hydrogen-bond donors (Lipinski definition) is 3. The zero-order valence-corrected chi connectivity index (χ0v) is 11.0. The number of nitrogen functional groups attached to an aromatic ring is 1. The quantitative estimate of drug-likeness (QED) is 0.543. The van der Waals surface area contributed by atoms with Crippen molar-refractivity contribution >= 4 is 17.7 Å². The summed E-state index contributed by atoms with van der Waals surface area (Å²) >= 11 is 0. The number of pyridine rings is 1. The molecule has 0 unspecified atom stereocenters. The Bertz CT molecular complexity index is 588. The van der Waals surface area contributed by atoms with Gasteiger partial charge in [0, 0.05) is 11.3 Å². The second kappa shape index (κ2) is 6.53. The molecule has 0 saturated carbocycles. The largest absolute Gasteiger partial charge is 0.308 e. The molecule has 0 aliphatic carbocycles. The highest BCUT2D eigenvalue weighted by molar-refractivity contribution is 6.03. The Morgan fingerprint density at radius 3 is 2.85 bits per heavy atom. The maximum Gasteiger partial charge on any atom is 0.258 e. The first-order valence-corrected chi connectivity index (χ1v) is 6.15. The van der Waals surface area contributed by atoms with Gasteiger partial charge in [-0.3, -0.25) is 10.1 Å². The number of nitrogens with one attached hydrogen (secondary N) is 2. The third-order valence-electron chi connectivity index (χ3n) is 2.50. The lowest BCUT2D eigenvalue weighted by Crippen LogP contribution is -2.17. The Hall–Kier alpha value is -2.61. The summed E-state index contributed by atoms with van der Waals surface area (Å²) in [5.74, 6) is 5.60. The number of aromatic nitrogens is 4. The summed E-state index contributed by atoms with van der Waals surface area (Å²) in [7, 11) is 0. The van der Waals surface area contributed by atoms with Crippen LogP contribution in [0.4, 0.5) is 11.8 Å². The summed E-state index contributed by atoms with van der Waals surface area (Å²) in [5, 5.41) is 9.90. The molecule has 2 rings (SSSR count). The van der Waals surface area contributed by atoms with Crippen LogP contribution < -0.4 is 16.6 Å². The fraction of sp³-hybridized carbons (Fsp3) is 0.250. The summed E-state index contributed by atoms with van der Waals surface area (Å²) in [6.45, 7) is 2.04. The third kappa shape index (κ3) is 3.45. The van der Waals surface area contributed by atoms with Crippen molar-refractivity contribution < 1.29 is 4.79 Å². The molecule has 8 heteroatoms. The molecule has 1 amide bonds. The number of carbonyl (C=O) groups is 1. The molecule has 0 aliphatic heterocycles. The number of amides is 1. The highest BCUT2D eigenvalue weighted by atomic mass is 16.1. The smallest absolute Gasteiger partial charge is 0.258 e. The molecule has 2 aromatic heterocycles. The van der Waals surface area contributed by atoms with E-state index >= 15 is 0 Å². The number of hydrogen-bond acceptors (Lipinski definition) is 7. The highest BCUT2D eigenvalue weighted by Crippen LogP contribution is 2.12. The van der Waals surface area contributed by atoms with Gasteiger partial charge >= 0.3 is 0 Å². The first kappa shape index (κ1) is 13.8. The first-order valence-electron chi connectivity index (χ1n) is 6.15. The zero-order valence-electron chi connectivity index (χ0n) is 11.0. The van der Waals surface area contributed by atoms with Crippen LogP contribution in [0.25, 0.3) is 0 Å². The molecule has 2 aromatic rings. The molecular formula is C12H15N7O. The number of nitrogens with two attached hydrogens (primary N) is 1. The molecule has 0 aromatic carbocycles. The minimum atomic E-state index is -0.339. The van der Waals surface area contributed by atoms with Gasteiger partial charge in [0.05, 0.1) is 12.4 Å². The van der Waals surface area contributed by atoms with Crippen molar-refractivity contribution in [2.24, 2.45) is 5.84 Å². The molecule has 0 bridgehead atoms. The number of aryl methyl sites for hydroxylation is 1. The number of carbonyl (C=O) groups excluding carboxylic acids is 1. The monoisotopic (exact) mass is 273 g/mol. The van der Waals surface area contributed by atoms with Crippen molar-refractivity contribution in [3.8, 4) is 0 Å². The number of hydrazine groups is 1. The average molecular weight is 273 g/mol. The fourth-order valence-electron chi connectivity index (χ4n) is 1.66. The molecular weight excluding hydrogens is 258 g/mol. The van der Waals surface area contributed by atoms with E-state index in [2.05, 4.69) is 30.9 Å². The number of anilines is 2. The van der Waals surface area contributed by atoms with Crippen LogP contribution >= 0.6 is 0 Å². The normalized spacial score (nSPS) is 10.1. The maximum atomic E-state index is 12.1. The maximum absolute atomic E-state index is 12.1. The van der Waals surface area contributed by atoms with Crippen LogP contribution in [0.5, 0.6) is 0 Å². The van der Waals surface area contributed by atoms with Gasteiger partial charge in [0.2, 0.25) is 5.95 Å². The van der Waals surface area contributed by atoms with Gasteiger partial charge in [-0.25, -0.2) is 15.8 Å². The van der Waals surface area contributed by atoms with Gasteiger partial charge in [-0.2, -0.15) is 5.10 Å². The van der Waals surface area contributed by atoms with Crippen molar-refractivity contribution in [2.75, 3.05) is 10.7 Å². The third-order valence-corrected chi connectivity index (χ3v) is 2.50. The van der Waals surface area contributed by atoms with Crippen molar-refractivity contribution in [3.63, 3.8) is 0 Å². The SMILES string of the molecule is CCCc1cc(C(=O)Nc2nccnn2)cc(NN)n1. The van der Waals surface area contributed by atoms with E-state index in [1.807, 2.05) is 6.92 Å². The van der Waals surface area contributed by atoms with Crippen molar-refractivity contribution in [3.05, 3.63) is 35.8 Å². The van der Waals surface area contributed by atoms with Crippen LogP contribution in [0.2, 0.25) is 0 Å². The fourth-order valence-corrected chi connectivity index (χ4v) is 1.66. The summed E-state index contributed by atoms with van der Waals surface area (Å²) in [5.41, 5.74) is 3.68. The summed E-state index contributed by atoms with van der Waals surface area (Å²) < 4.78 is 0. The van der Waals surface area contributed by atoms with Crippen molar-refractivity contribution in [1.29, 1.82) is 0 Å². The summed E-state index contributed by atoms with van der Waals surface area (Å²) in [6.07, 6.45) is 4.56. The average Bonchev–Trinajstić information content (AvgIpc) is 2.48. The van der Waals surface area contributed by atoms with Gasteiger partial charge in [-0.05, 0) is 18.6 Å². The molecule has 0 fully saturated rings. The lowest BCUT2D eigenvalue weighted by atomic mass is 10.1. The lowest BCUT2D eigenvalue weighted by molar-refractivity contribution is 0.102. The second-order valence-electron chi connectivity index (χ2n) is 4.05. The Labute approximate surface area is 115 Å². The molecule has 20 heavy (non-hydrogen) atoms. The number of rotatable bonds is 5. The van der Waals surface area contributed by atoms with E-state index < -0.39 is 0 Å². The molecule has 8 nitrogen and oxygen atoms in total. The molecule has 0 aliphatic rings. The van der Waals surface area contributed by atoms with E-state index in [0.717, 1.165) is 18.5 Å². The van der Waals surface area contributed by atoms with Crippen LogP contribution in [-0.4, -0.2) is 26.1 Å². The predicted molar refractivity (Wildman–Crippen MR) is 73.8 cm³/mol. The van der Waals surface area contributed by atoms with Crippen LogP contribution in [0.15, 0.2) is 24.5 Å². The molecule has 0 atom stereocenters. The van der Waals surface area contributed by atoms with Crippen molar-refractivity contribution in [2.45, 2.75) is 19.8 Å². The Kier molecular flexibility index (Phi) is 4.51. The summed E-state index contributed by atoms with van der Waals surface area (Å²) in [4.78, 5) is 20.3. The standard InChI is InChI=1S/C12H15N7O/c1-2-3-9-6-8(7-10(16-9)18-13)11(20)17-12-14-4-5-15-19-12/h4-7H,2-3,13H2,1H3,(H,16,18)(H,14,17,19,20). The van der Waals surface area contributed by atoms with E-state index in [-0.39, 0.29) is 11.9 Å². The molecule has 2 heterocycles. The molecule has 0 radical (unpaired) electrons. The molecule has 4 N–H and O–H groups in total. The predicted octanol–water partition coefficient (Wildman–Crippen LogP) is 0.757. The van der Waals surface area contributed by atoms with Gasteiger partial charge < -0.3 is 5.43 Å². The second-order valence-corrected chi connectivity index (χ2v) is 4.05. The minimum Gasteiger partial charge on any atom is -0.308 e. The van der Waals surface area contributed by atoms with E-state index in [1.54, 1.807) is 12.1 Å². The van der Waals surface area contributed by atoms with Crippen LogP contribution in [0, 0.1) is 0 Å². The van der Waals surface area contributed by atoms with E-state index in [9.17, 15) is 4.79 Å². The molecule has 0 saturated heterocycles. The zero-order chi connectivity index (χ0) is 14.4. The Balaban J connectivity index is 2.22. The Morgan fingerprint density at radius 2 is 2.20 bits per heavy atom. The molecule has 104 valence electrons. The van der Waals surface area contributed by atoms with Gasteiger partial charge in [0.1, 0.15) is 5.82 Å². The van der Waals surface area contributed by atoms with Crippen molar-refractivity contribution in [1.82, 2.24) is 20.2 Å². The van der Waals surface area contributed by atoms with Crippen LogP contribution in [-0.2, 0) is 6.42 Å². The van der Waals surface area contributed by atoms with Gasteiger partial charge in [-0.15, -0.1) is 5.10 Å². The minimum absolute atomic E-state index is 0.147. The van der Waals surface area contributed by atoms with Crippen LogP contribution in [0.3, 0.4) is 0 Å².